The summed E-state index contributed by atoms with van der Waals surface area (Å²) in [4.78, 5) is 11.5. The average molecular weight is 343 g/mol. The second-order valence-corrected chi connectivity index (χ2v) is 8.14. The fraction of sp³-hybridized carbons (Fsp3) is 0.316. The van der Waals surface area contributed by atoms with Gasteiger partial charge in [-0.05, 0) is 50.3 Å². The van der Waals surface area contributed by atoms with Gasteiger partial charge in [0.15, 0.2) is 5.78 Å². The van der Waals surface area contributed by atoms with Crippen LogP contribution in [-0.4, -0.2) is 14.2 Å². The lowest BCUT2D eigenvalue weighted by Crippen LogP contribution is -2.30. The van der Waals surface area contributed by atoms with Crippen LogP contribution in [0, 0.1) is 12.8 Å². The number of rotatable bonds is 6. The fourth-order valence-electron chi connectivity index (χ4n) is 2.74. The predicted octanol–water partition coefficient (Wildman–Crippen LogP) is 3.63. The zero-order chi connectivity index (χ0) is 17.3. The van der Waals surface area contributed by atoms with E-state index >= 15 is 0 Å². The minimum Gasteiger partial charge on any atom is -0.295 e. The smallest absolute Gasteiger partial charge is 0.241 e. The Morgan fingerprint density at radius 3 is 2.12 bits per heavy atom. The molecule has 3 rings (SSSR count). The maximum absolute atomic E-state index is 12.7. The number of ketones is 1. The quantitative estimate of drug-likeness (QED) is 0.815. The van der Waals surface area contributed by atoms with Crippen LogP contribution >= 0.6 is 0 Å². The maximum atomic E-state index is 12.7. The molecule has 0 saturated heterocycles. The van der Waals surface area contributed by atoms with Crippen molar-refractivity contribution in [1.29, 1.82) is 0 Å². The Balaban J connectivity index is 1.85. The number of benzene rings is 2. The van der Waals surface area contributed by atoms with E-state index in [0.717, 1.165) is 24.0 Å². The van der Waals surface area contributed by atoms with Gasteiger partial charge in [-0.25, -0.2) is 13.1 Å². The summed E-state index contributed by atoms with van der Waals surface area (Å²) in [5.74, 6) is 0.265. The lowest BCUT2D eigenvalue weighted by Gasteiger charge is -2.19. The number of aryl methyl sites for hydroxylation is 1. The van der Waals surface area contributed by atoms with E-state index in [1.165, 1.54) is 19.1 Å². The summed E-state index contributed by atoms with van der Waals surface area (Å²) in [6, 6.07) is 13.8. The minimum atomic E-state index is -3.63. The first-order valence-electron chi connectivity index (χ1n) is 8.07. The third-order valence-electron chi connectivity index (χ3n) is 4.38. The zero-order valence-electron chi connectivity index (χ0n) is 13.8. The minimum absolute atomic E-state index is 0.0811. The van der Waals surface area contributed by atoms with E-state index in [4.69, 9.17) is 0 Å². The normalized spacial score (nSPS) is 15.9. The van der Waals surface area contributed by atoms with E-state index in [2.05, 4.69) is 4.72 Å². The molecular formula is C19H21NO3S. The molecule has 2 aromatic rings. The largest absolute Gasteiger partial charge is 0.295 e. The van der Waals surface area contributed by atoms with Crippen molar-refractivity contribution < 1.29 is 13.2 Å². The summed E-state index contributed by atoms with van der Waals surface area (Å²) in [6.07, 6.45) is 2.06. The zero-order valence-corrected chi connectivity index (χ0v) is 14.6. The van der Waals surface area contributed by atoms with Crippen LogP contribution in [0.5, 0.6) is 0 Å². The first-order chi connectivity index (χ1) is 11.4. The average Bonchev–Trinajstić information content (AvgIpc) is 3.38. The Morgan fingerprint density at radius 2 is 1.62 bits per heavy atom. The van der Waals surface area contributed by atoms with Gasteiger partial charge in [-0.1, -0.05) is 42.0 Å². The molecule has 0 aliphatic heterocycles. The molecule has 0 bridgehead atoms. The summed E-state index contributed by atoms with van der Waals surface area (Å²) in [6.45, 7) is 3.47. The monoisotopic (exact) mass is 343 g/mol. The maximum Gasteiger partial charge on any atom is 0.241 e. The number of carbonyl (C=O) groups excluding carboxylic acids is 1. The van der Waals surface area contributed by atoms with E-state index in [0.29, 0.717) is 11.5 Å². The highest BCUT2D eigenvalue weighted by atomic mass is 32.2. The molecule has 5 heteroatoms. The third-order valence-corrected chi connectivity index (χ3v) is 5.84. The topological polar surface area (TPSA) is 63.2 Å². The van der Waals surface area contributed by atoms with Crippen LogP contribution in [-0.2, 0) is 10.0 Å². The molecule has 0 radical (unpaired) electrons. The lowest BCUT2D eigenvalue weighted by molar-refractivity contribution is 0.101. The number of hydrogen-bond acceptors (Lipinski definition) is 3. The number of sulfonamides is 1. The van der Waals surface area contributed by atoms with Crippen molar-refractivity contribution >= 4 is 15.8 Å². The van der Waals surface area contributed by atoms with E-state index in [-0.39, 0.29) is 16.7 Å². The summed E-state index contributed by atoms with van der Waals surface area (Å²) < 4.78 is 28.2. The van der Waals surface area contributed by atoms with Gasteiger partial charge in [0.1, 0.15) is 0 Å². The Kier molecular flexibility index (Phi) is 4.56. The van der Waals surface area contributed by atoms with Gasteiger partial charge in [0.2, 0.25) is 10.0 Å². The van der Waals surface area contributed by atoms with Gasteiger partial charge in [-0.3, -0.25) is 4.79 Å². The van der Waals surface area contributed by atoms with Crippen LogP contribution in [0.25, 0.3) is 0 Å². The Labute approximate surface area is 143 Å². The van der Waals surface area contributed by atoms with Crippen molar-refractivity contribution in [3.63, 3.8) is 0 Å². The number of nitrogens with one attached hydrogen (secondary N) is 1. The second kappa shape index (κ2) is 6.49. The first kappa shape index (κ1) is 16.9. The van der Waals surface area contributed by atoms with Gasteiger partial charge in [0.05, 0.1) is 4.90 Å². The third kappa shape index (κ3) is 3.74. The molecule has 0 heterocycles. The number of Topliss-reactive ketones (excluding diaryl/α,β-unsaturated/α-hetero) is 1. The van der Waals surface area contributed by atoms with Crippen molar-refractivity contribution in [1.82, 2.24) is 4.72 Å². The molecule has 1 N–H and O–H groups in total. The lowest BCUT2D eigenvalue weighted by atomic mass is 10.0. The van der Waals surface area contributed by atoms with Crippen molar-refractivity contribution in [2.75, 3.05) is 0 Å². The molecule has 0 amide bonds. The van der Waals surface area contributed by atoms with Gasteiger partial charge < -0.3 is 0 Å². The van der Waals surface area contributed by atoms with E-state index < -0.39 is 10.0 Å². The summed E-state index contributed by atoms with van der Waals surface area (Å²) in [5.41, 5.74) is 2.65. The van der Waals surface area contributed by atoms with Gasteiger partial charge >= 0.3 is 0 Å². The van der Waals surface area contributed by atoms with Crippen LogP contribution < -0.4 is 4.72 Å². The Hall–Kier alpha value is -1.98. The number of hydrogen-bond donors (Lipinski definition) is 1. The van der Waals surface area contributed by atoms with Crippen molar-refractivity contribution in [3.05, 3.63) is 65.2 Å². The molecule has 1 atom stereocenters. The van der Waals surface area contributed by atoms with Crippen molar-refractivity contribution in [2.24, 2.45) is 5.92 Å². The van der Waals surface area contributed by atoms with E-state index in [1.807, 2.05) is 31.2 Å². The van der Waals surface area contributed by atoms with Crippen molar-refractivity contribution in [2.45, 2.75) is 37.6 Å². The molecule has 24 heavy (non-hydrogen) atoms. The highest BCUT2D eigenvalue weighted by molar-refractivity contribution is 7.89. The van der Waals surface area contributed by atoms with Crippen LogP contribution in [0.15, 0.2) is 53.4 Å². The van der Waals surface area contributed by atoms with Gasteiger partial charge in [-0.15, -0.1) is 0 Å². The molecule has 1 aliphatic carbocycles. The highest BCUT2D eigenvalue weighted by Crippen LogP contribution is 2.41. The Bertz CT molecular complexity index is 835. The highest BCUT2D eigenvalue weighted by Gasteiger charge is 2.35. The van der Waals surface area contributed by atoms with E-state index in [9.17, 15) is 13.2 Å². The molecule has 1 aliphatic rings. The summed E-state index contributed by atoms with van der Waals surface area (Å²) in [7, 11) is -3.63. The van der Waals surface area contributed by atoms with Gasteiger partial charge in [0.25, 0.3) is 0 Å². The Morgan fingerprint density at radius 1 is 1.04 bits per heavy atom. The SMILES string of the molecule is CC(=O)c1ccc(S(=O)(=O)N[C@H](c2ccc(C)cc2)C2CC2)cc1. The molecule has 0 spiro atoms. The van der Waals surface area contributed by atoms with Gasteiger partial charge in [0, 0.05) is 11.6 Å². The standard InChI is InChI=1S/C19H21NO3S/c1-13-3-5-16(6-4-13)19(17-7-8-17)20-24(22,23)18-11-9-15(10-12-18)14(2)21/h3-6,9-12,17,19-20H,7-8H2,1-2H3/t19-/m1/s1. The molecule has 1 fully saturated rings. The molecule has 0 aromatic heterocycles. The molecule has 0 unspecified atom stereocenters. The molecule has 4 nitrogen and oxygen atoms in total. The van der Waals surface area contributed by atoms with Crippen LogP contribution in [0.2, 0.25) is 0 Å². The summed E-state index contributed by atoms with van der Waals surface area (Å²) >= 11 is 0. The second-order valence-electron chi connectivity index (χ2n) is 6.43. The molecule has 2 aromatic carbocycles. The molecule has 126 valence electrons. The fourth-order valence-corrected chi connectivity index (χ4v) is 4.04. The molecular weight excluding hydrogens is 322 g/mol. The first-order valence-corrected chi connectivity index (χ1v) is 9.55. The van der Waals surface area contributed by atoms with Crippen molar-refractivity contribution in [3.8, 4) is 0 Å². The van der Waals surface area contributed by atoms with Crippen LogP contribution in [0.3, 0.4) is 0 Å². The predicted molar refractivity (Wildman–Crippen MR) is 93.4 cm³/mol. The van der Waals surface area contributed by atoms with E-state index in [1.54, 1.807) is 12.1 Å². The number of carbonyl (C=O) groups is 1. The molecule has 1 saturated carbocycles. The van der Waals surface area contributed by atoms with Crippen LogP contribution in [0.1, 0.15) is 47.3 Å². The summed E-state index contributed by atoms with van der Waals surface area (Å²) in [5, 5.41) is 0. The van der Waals surface area contributed by atoms with Crippen LogP contribution in [0.4, 0.5) is 0 Å². The van der Waals surface area contributed by atoms with Gasteiger partial charge in [-0.2, -0.15) is 0 Å².